The molecule has 1 atom stereocenters. The van der Waals surface area contributed by atoms with Crippen molar-refractivity contribution in [2.45, 2.75) is 97.8 Å². The lowest BCUT2D eigenvalue weighted by Gasteiger charge is -2.08. The summed E-state index contributed by atoms with van der Waals surface area (Å²) in [6, 6.07) is 8.84. The zero-order valence-corrected chi connectivity index (χ0v) is 18.4. The van der Waals surface area contributed by atoms with Gasteiger partial charge < -0.3 is 0 Å². The Morgan fingerprint density at radius 3 is 1.96 bits per heavy atom. The summed E-state index contributed by atoms with van der Waals surface area (Å²) in [5.74, 6) is 1.73. The zero-order chi connectivity index (χ0) is 20.0. The van der Waals surface area contributed by atoms with Crippen molar-refractivity contribution in [1.29, 1.82) is 0 Å². The molecule has 0 bridgehead atoms. The molecule has 0 spiro atoms. The van der Waals surface area contributed by atoms with Gasteiger partial charge in [0.25, 0.3) is 0 Å². The van der Waals surface area contributed by atoms with Crippen LogP contribution in [0, 0.1) is 5.92 Å². The van der Waals surface area contributed by atoms with Crippen molar-refractivity contribution < 1.29 is 0 Å². The second kappa shape index (κ2) is 13.5. The highest BCUT2D eigenvalue weighted by Crippen LogP contribution is 2.18. The lowest BCUT2D eigenvalue weighted by molar-refractivity contribution is 0.475. The molecule has 28 heavy (non-hydrogen) atoms. The van der Waals surface area contributed by atoms with Crippen LogP contribution < -0.4 is 0 Å². The first-order valence-electron chi connectivity index (χ1n) is 11.6. The number of aromatic nitrogens is 2. The van der Waals surface area contributed by atoms with Crippen molar-refractivity contribution in [3.63, 3.8) is 0 Å². The van der Waals surface area contributed by atoms with E-state index in [1.54, 1.807) is 0 Å². The van der Waals surface area contributed by atoms with E-state index in [0.29, 0.717) is 0 Å². The van der Waals surface area contributed by atoms with E-state index in [9.17, 15) is 0 Å². The van der Waals surface area contributed by atoms with E-state index in [2.05, 4.69) is 55.0 Å². The predicted octanol–water partition coefficient (Wildman–Crippen LogP) is 7.81. The van der Waals surface area contributed by atoms with Crippen molar-refractivity contribution in [1.82, 2.24) is 9.97 Å². The third-order valence-electron chi connectivity index (χ3n) is 5.85. The molecule has 0 aliphatic rings. The molecule has 0 fully saturated rings. The Hall–Kier alpha value is -1.70. The van der Waals surface area contributed by atoms with Gasteiger partial charge in [-0.25, -0.2) is 9.97 Å². The second-order valence-corrected chi connectivity index (χ2v) is 8.39. The van der Waals surface area contributed by atoms with Crippen molar-refractivity contribution in [3.05, 3.63) is 47.8 Å². The van der Waals surface area contributed by atoms with E-state index in [4.69, 9.17) is 0 Å². The minimum Gasteiger partial charge on any atom is -0.236 e. The minimum absolute atomic E-state index is 0.842. The van der Waals surface area contributed by atoms with Crippen LogP contribution in [-0.2, 0) is 12.8 Å². The number of rotatable bonds is 14. The number of unbranched alkanes of at least 4 members (excludes halogenated alkanes) is 6. The van der Waals surface area contributed by atoms with Crippen LogP contribution in [0.15, 0.2) is 36.7 Å². The molecule has 154 valence electrons. The lowest BCUT2D eigenvalue weighted by atomic mass is 9.99. The molecule has 0 N–H and O–H groups in total. The summed E-state index contributed by atoms with van der Waals surface area (Å²) in [6.45, 7) is 6.91. The smallest absolute Gasteiger partial charge is 0.159 e. The Morgan fingerprint density at radius 1 is 0.714 bits per heavy atom. The maximum atomic E-state index is 4.58. The average molecular weight is 381 g/mol. The average Bonchev–Trinajstić information content (AvgIpc) is 2.74. The number of nitrogens with zero attached hydrogens (tertiary/aromatic N) is 2. The van der Waals surface area contributed by atoms with Crippen molar-refractivity contribution in [3.8, 4) is 11.4 Å². The van der Waals surface area contributed by atoms with Crippen molar-refractivity contribution >= 4 is 0 Å². The van der Waals surface area contributed by atoms with Gasteiger partial charge in [0.05, 0.1) is 0 Å². The summed E-state index contributed by atoms with van der Waals surface area (Å²) in [4.78, 5) is 9.17. The Balaban J connectivity index is 1.71. The molecule has 0 aliphatic heterocycles. The molecule has 1 heterocycles. The topological polar surface area (TPSA) is 25.8 Å². The quantitative estimate of drug-likeness (QED) is 0.312. The highest BCUT2D eigenvalue weighted by Gasteiger charge is 2.03. The molecular weight excluding hydrogens is 340 g/mol. The molecule has 0 radical (unpaired) electrons. The van der Waals surface area contributed by atoms with Crippen LogP contribution >= 0.6 is 0 Å². The monoisotopic (exact) mass is 380 g/mol. The fourth-order valence-electron chi connectivity index (χ4n) is 3.59. The minimum atomic E-state index is 0.842. The third-order valence-corrected chi connectivity index (χ3v) is 5.85. The Kier molecular flexibility index (Phi) is 10.9. The first-order valence-corrected chi connectivity index (χ1v) is 11.6. The van der Waals surface area contributed by atoms with Gasteiger partial charge in [-0.1, -0.05) is 96.4 Å². The molecule has 1 aromatic carbocycles. The molecule has 0 saturated carbocycles. The summed E-state index contributed by atoms with van der Waals surface area (Å²) in [5.41, 5.74) is 3.80. The van der Waals surface area contributed by atoms with Gasteiger partial charge in [0.2, 0.25) is 0 Å². The van der Waals surface area contributed by atoms with Gasteiger partial charge in [-0.3, -0.25) is 0 Å². The second-order valence-electron chi connectivity index (χ2n) is 8.39. The molecule has 2 rings (SSSR count). The fourth-order valence-corrected chi connectivity index (χ4v) is 3.59. The summed E-state index contributed by atoms with van der Waals surface area (Å²) in [5, 5.41) is 0. The summed E-state index contributed by atoms with van der Waals surface area (Å²) in [7, 11) is 0. The number of benzene rings is 1. The van der Waals surface area contributed by atoms with Crippen LogP contribution in [0.5, 0.6) is 0 Å². The molecule has 0 saturated heterocycles. The van der Waals surface area contributed by atoms with Crippen LogP contribution in [0.2, 0.25) is 0 Å². The van der Waals surface area contributed by atoms with Gasteiger partial charge in [0.1, 0.15) is 0 Å². The van der Waals surface area contributed by atoms with Gasteiger partial charge in [-0.05, 0) is 42.7 Å². The molecule has 2 aromatic rings. The van der Waals surface area contributed by atoms with E-state index in [1.165, 1.54) is 81.8 Å². The van der Waals surface area contributed by atoms with E-state index in [-0.39, 0.29) is 0 Å². The largest absolute Gasteiger partial charge is 0.236 e. The van der Waals surface area contributed by atoms with Crippen LogP contribution in [0.4, 0.5) is 0 Å². The van der Waals surface area contributed by atoms with Crippen LogP contribution in [0.1, 0.15) is 96.1 Å². The molecule has 1 aromatic heterocycles. The number of hydrogen-bond acceptors (Lipinski definition) is 2. The van der Waals surface area contributed by atoms with Gasteiger partial charge in [0, 0.05) is 18.0 Å². The van der Waals surface area contributed by atoms with Gasteiger partial charge in [0.15, 0.2) is 5.82 Å². The molecule has 1 unspecified atom stereocenters. The van der Waals surface area contributed by atoms with Gasteiger partial charge in [-0.2, -0.15) is 0 Å². The van der Waals surface area contributed by atoms with Crippen molar-refractivity contribution in [2.75, 3.05) is 0 Å². The van der Waals surface area contributed by atoms with E-state index in [1.807, 2.05) is 12.4 Å². The zero-order valence-electron chi connectivity index (χ0n) is 18.4. The standard InChI is InChI=1S/C26H40N2/c1-4-6-7-11-15-24-20-27-26(28-21-24)25-18-16-23(17-19-25)14-12-9-8-10-13-22(3)5-2/h16-22H,4-15H2,1-3H3. The van der Waals surface area contributed by atoms with Crippen LogP contribution in [0.3, 0.4) is 0 Å². The lowest BCUT2D eigenvalue weighted by Crippen LogP contribution is -1.94. The SMILES string of the molecule is CCCCCCc1cnc(-c2ccc(CCCCCCC(C)CC)cc2)nc1. The maximum absolute atomic E-state index is 4.58. The van der Waals surface area contributed by atoms with E-state index in [0.717, 1.165) is 23.7 Å². The first kappa shape index (κ1) is 22.6. The normalized spacial score (nSPS) is 12.2. The Morgan fingerprint density at radius 2 is 1.32 bits per heavy atom. The summed E-state index contributed by atoms with van der Waals surface area (Å²) in [6.07, 6.45) is 19.5. The molecule has 2 heteroatoms. The van der Waals surface area contributed by atoms with Gasteiger partial charge >= 0.3 is 0 Å². The molecule has 0 aliphatic carbocycles. The highest BCUT2D eigenvalue weighted by atomic mass is 14.9. The fraction of sp³-hybridized carbons (Fsp3) is 0.615. The van der Waals surface area contributed by atoms with E-state index < -0.39 is 0 Å². The summed E-state index contributed by atoms with van der Waals surface area (Å²) < 4.78 is 0. The van der Waals surface area contributed by atoms with Crippen molar-refractivity contribution in [2.24, 2.45) is 5.92 Å². The summed E-state index contributed by atoms with van der Waals surface area (Å²) >= 11 is 0. The van der Waals surface area contributed by atoms with Crippen LogP contribution in [-0.4, -0.2) is 9.97 Å². The maximum Gasteiger partial charge on any atom is 0.159 e. The predicted molar refractivity (Wildman–Crippen MR) is 122 cm³/mol. The Bertz CT molecular complexity index is 630. The first-order chi connectivity index (χ1) is 13.7. The number of aryl methyl sites for hydroxylation is 2. The molecular formula is C26H40N2. The Labute approximate surface area is 173 Å². The third kappa shape index (κ3) is 8.54. The highest BCUT2D eigenvalue weighted by molar-refractivity contribution is 5.55. The number of hydrogen-bond donors (Lipinski definition) is 0. The van der Waals surface area contributed by atoms with E-state index >= 15 is 0 Å². The van der Waals surface area contributed by atoms with Gasteiger partial charge in [-0.15, -0.1) is 0 Å². The van der Waals surface area contributed by atoms with Crippen LogP contribution in [0.25, 0.3) is 11.4 Å². The molecule has 0 amide bonds. The molecule has 2 nitrogen and oxygen atoms in total.